The van der Waals surface area contributed by atoms with Crippen LogP contribution in [0.1, 0.15) is 42.2 Å². The Labute approximate surface area is 118 Å². The fraction of sp³-hybridized carbons (Fsp3) is 0.533. The number of pyridine rings is 1. The lowest BCUT2D eigenvalue weighted by atomic mass is 9.99. The summed E-state index contributed by atoms with van der Waals surface area (Å²) in [5.41, 5.74) is 1.31. The van der Waals surface area contributed by atoms with E-state index in [0.717, 1.165) is 31.5 Å². The average Bonchev–Trinajstić information content (AvgIpc) is 2.47. The van der Waals surface area contributed by atoms with E-state index in [1.165, 1.54) is 13.3 Å². The van der Waals surface area contributed by atoms with Crippen LogP contribution in [0.25, 0.3) is 0 Å². The van der Waals surface area contributed by atoms with Crippen molar-refractivity contribution in [2.75, 3.05) is 13.7 Å². The van der Waals surface area contributed by atoms with E-state index in [-0.39, 0.29) is 17.8 Å². The minimum absolute atomic E-state index is 0.00540. The monoisotopic (exact) mass is 276 g/mol. The maximum absolute atomic E-state index is 11.7. The molecule has 1 aromatic rings. The molecule has 2 heterocycles. The standard InChI is InChI=1S/C15H20N2O3/c1-11(18)14-5-3-4-8-17(14)10-13-7-6-12(9-16-13)15(19)20-2/h6-7,9,14H,3-5,8,10H2,1-2H3. The molecule has 1 unspecified atom stereocenters. The molecule has 0 aromatic carbocycles. The summed E-state index contributed by atoms with van der Waals surface area (Å²) >= 11 is 0. The van der Waals surface area contributed by atoms with E-state index < -0.39 is 0 Å². The van der Waals surface area contributed by atoms with Crippen LogP contribution in [0.2, 0.25) is 0 Å². The second-order valence-corrected chi connectivity index (χ2v) is 5.12. The van der Waals surface area contributed by atoms with Crippen LogP contribution in [-0.2, 0) is 16.1 Å². The van der Waals surface area contributed by atoms with Crippen LogP contribution >= 0.6 is 0 Å². The molecule has 1 fully saturated rings. The predicted molar refractivity (Wildman–Crippen MR) is 74.3 cm³/mol. The Kier molecular flexibility index (Phi) is 4.84. The van der Waals surface area contributed by atoms with Crippen LogP contribution < -0.4 is 0 Å². The van der Waals surface area contributed by atoms with Gasteiger partial charge in [-0.15, -0.1) is 0 Å². The molecular weight excluding hydrogens is 256 g/mol. The van der Waals surface area contributed by atoms with Crippen molar-refractivity contribution in [2.45, 2.75) is 38.8 Å². The van der Waals surface area contributed by atoms with Crippen LogP contribution in [0, 0.1) is 0 Å². The Bertz CT molecular complexity index is 484. The zero-order chi connectivity index (χ0) is 14.5. The number of ketones is 1. The maximum Gasteiger partial charge on any atom is 0.339 e. The third-order valence-corrected chi connectivity index (χ3v) is 3.69. The molecule has 20 heavy (non-hydrogen) atoms. The number of ether oxygens (including phenoxy) is 1. The molecule has 1 aromatic heterocycles. The molecule has 1 saturated heterocycles. The van der Waals surface area contributed by atoms with Gasteiger partial charge in [-0.3, -0.25) is 14.7 Å². The minimum atomic E-state index is -0.386. The Hall–Kier alpha value is -1.75. The quantitative estimate of drug-likeness (QED) is 0.785. The molecule has 0 N–H and O–H groups in total. The summed E-state index contributed by atoms with van der Waals surface area (Å²) in [7, 11) is 1.35. The van der Waals surface area contributed by atoms with Gasteiger partial charge in [0.05, 0.1) is 24.4 Å². The summed E-state index contributed by atoms with van der Waals surface area (Å²) in [6.45, 7) is 3.22. The molecule has 2 rings (SSSR count). The highest BCUT2D eigenvalue weighted by Gasteiger charge is 2.26. The van der Waals surface area contributed by atoms with Gasteiger partial charge in [-0.2, -0.15) is 0 Å². The number of esters is 1. The lowest BCUT2D eigenvalue weighted by Gasteiger charge is -2.33. The first-order chi connectivity index (χ1) is 9.61. The lowest BCUT2D eigenvalue weighted by Crippen LogP contribution is -2.43. The van der Waals surface area contributed by atoms with E-state index in [9.17, 15) is 9.59 Å². The van der Waals surface area contributed by atoms with E-state index in [1.807, 2.05) is 6.07 Å². The van der Waals surface area contributed by atoms with Gasteiger partial charge >= 0.3 is 5.97 Å². The van der Waals surface area contributed by atoms with Gasteiger partial charge < -0.3 is 4.74 Å². The topological polar surface area (TPSA) is 59.5 Å². The maximum atomic E-state index is 11.7. The molecule has 1 atom stereocenters. The number of Topliss-reactive ketones (excluding diaryl/α,β-unsaturated/α-hetero) is 1. The molecule has 0 radical (unpaired) electrons. The van der Waals surface area contributed by atoms with Crippen molar-refractivity contribution in [2.24, 2.45) is 0 Å². The number of nitrogens with zero attached hydrogens (tertiary/aromatic N) is 2. The van der Waals surface area contributed by atoms with Gasteiger partial charge in [0.25, 0.3) is 0 Å². The van der Waals surface area contributed by atoms with E-state index in [0.29, 0.717) is 12.1 Å². The largest absolute Gasteiger partial charge is 0.465 e. The first kappa shape index (κ1) is 14.7. The molecule has 0 spiro atoms. The number of likely N-dealkylation sites (tertiary alicyclic amines) is 1. The van der Waals surface area contributed by atoms with Crippen molar-refractivity contribution in [1.29, 1.82) is 0 Å². The minimum Gasteiger partial charge on any atom is -0.465 e. The molecule has 0 saturated carbocycles. The second-order valence-electron chi connectivity index (χ2n) is 5.12. The number of piperidine rings is 1. The Morgan fingerprint density at radius 2 is 2.20 bits per heavy atom. The van der Waals surface area contributed by atoms with Crippen LogP contribution in [0.15, 0.2) is 18.3 Å². The number of rotatable bonds is 4. The van der Waals surface area contributed by atoms with E-state index in [4.69, 9.17) is 0 Å². The average molecular weight is 276 g/mol. The van der Waals surface area contributed by atoms with Crippen molar-refractivity contribution in [3.63, 3.8) is 0 Å². The highest BCUT2D eigenvalue weighted by molar-refractivity contribution is 5.88. The summed E-state index contributed by atoms with van der Waals surface area (Å²) in [6.07, 6.45) is 4.67. The van der Waals surface area contributed by atoms with Crippen LogP contribution in [0.4, 0.5) is 0 Å². The molecular formula is C15H20N2O3. The molecule has 0 bridgehead atoms. The zero-order valence-electron chi connectivity index (χ0n) is 12.0. The summed E-state index contributed by atoms with van der Waals surface area (Å²) in [5.74, 6) is -0.167. The van der Waals surface area contributed by atoms with Gasteiger partial charge in [0.15, 0.2) is 0 Å². The molecule has 1 aliphatic heterocycles. The normalized spacial score (nSPS) is 19.6. The predicted octanol–water partition coefficient (Wildman–Crippen LogP) is 1.81. The number of aromatic nitrogens is 1. The lowest BCUT2D eigenvalue weighted by molar-refractivity contribution is -0.123. The highest BCUT2D eigenvalue weighted by Crippen LogP contribution is 2.19. The fourth-order valence-corrected chi connectivity index (χ4v) is 2.61. The molecule has 1 aliphatic rings. The number of carbonyl (C=O) groups is 2. The summed E-state index contributed by atoms with van der Waals surface area (Å²) in [6, 6.07) is 3.53. The van der Waals surface area contributed by atoms with Gasteiger partial charge in [-0.1, -0.05) is 6.42 Å². The van der Waals surface area contributed by atoms with Crippen molar-refractivity contribution in [3.8, 4) is 0 Å². The molecule has 0 amide bonds. The summed E-state index contributed by atoms with van der Waals surface area (Å²) < 4.78 is 4.64. The SMILES string of the molecule is COC(=O)c1ccc(CN2CCCCC2C(C)=O)nc1. The van der Waals surface area contributed by atoms with E-state index >= 15 is 0 Å². The van der Waals surface area contributed by atoms with E-state index in [2.05, 4.69) is 14.6 Å². The van der Waals surface area contributed by atoms with Gasteiger partial charge in [-0.25, -0.2) is 4.79 Å². The number of hydrogen-bond donors (Lipinski definition) is 0. The number of carbonyl (C=O) groups excluding carboxylic acids is 2. The fourth-order valence-electron chi connectivity index (χ4n) is 2.61. The van der Waals surface area contributed by atoms with Gasteiger partial charge in [0.1, 0.15) is 5.78 Å². The Morgan fingerprint density at radius 3 is 2.80 bits per heavy atom. The van der Waals surface area contributed by atoms with Crippen LogP contribution in [0.5, 0.6) is 0 Å². The van der Waals surface area contributed by atoms with E-state index in [1.54, 1.807) is 13.0 Å². The van der Waals surface area contributed by atoms with Gasteiger partial charge in [0, 0.05) is 12.7 Å². The van der Waals surface area contributed by atoms with Crippen LogP contribution in [0.3, 0.4) is 0 Å². The third-order valence-electron chi connectivity index (χ3n) is 3.69. The zero-order valence-corrected chi connectivity index (χ0v) is 12.0. The summed E-state index contributed by atoms with van der Waals surface area (Å²) in [5, 5.41) is 0. The van der Waals surface area contributed by atoms with Crippen molar-refractivity contribution >= 4 is 11.8 Å². The molecule has 5 heteroatoms. The van der Waals surface area contributed by atoms with Crippen molar-refractivity contribution < 1.29 is 14.3 Å². The Morgan fingerprint density at radius 1 is 1.40 bits per heavy atom. The second kappa shape index (κ2) is 6.61. The van der Waals surface area contributed by atoms with Crippen molar-refractivity contribution in [1.82, 2.24) is 9.88 Å². The molecule has 5 nitrogen and oxygen atoms in total. The molecule has 0 aliphatic carbocycles. The van der Waals surface area contributed by atoms with Gasteiger partial charge in [0.2, 0.25) is 0 Å². The molecule has 108 valence electrons. The van der Waals surface area contributed by atoms with Crippen LogP contribution in [-0.4, -0.2) is 41.3 Å². The smallest absolute Gasteiger partial charge is 0.339 e. The number of methoxy groups -OCH3 is 1. The Balaban J connectivity index is 2.05. The van der Waals surface area contributed by atoms with Crippen molar-refractivity contribution in [3.05, 3.63) is 29.6 Å². The highest BCUT2D eigenvalue weighted by atomic mass is 16.5. The first-order valence-electron chi connectivity index (χ1n) is 6.89. The number of hydrogen-bond acceptors (Lipinski definition) is 5. The van der Waals surface area contributed by atoms with Gasteiger partial charge in [-0.05, 0) is 38.4 Å². The summed E-state index contributed by atoms with van der Waals surface area (Å²) in [4.78, 5) is 29.5. The first-order valence-corrected chi connectivity index (χ1v) is 6.89. The third kappa shape index (κ3) is 3.42.